The van der Waals surface area contributed by atoms with Crippen molar-refractivity contribution in [1.29, 1.82) is 0 Å². The van der Waals surface area contributed by atoms with Crippen LogP contribution in [-0.4, -0.2) is 31.9 Å². The van der Waals surface area contributed by atoms with Crippen LogP contribution in [-0.2, 0) is 19.1 Å². The van der Waals surface area contributed by atoms with Crippen molar-refractivity contribution in [3.8, 4) is 0 Å². The van der Waals surface area contributed by atoms with Gasteiger partial charge in [-0.05, 0) is 30.2 Å². The molecule has 6 heteroatoms. The summed E-state index contributed by atoms with van der Waals surface area (Å²) < 4.78 is 9.70. The lowest BCUT2D eigenvalue weighted by molar-refractivity contribution is -0.142. The number of carbonyl (C=O) groups is 3. The summed E-state index contributed by atoms with van der Waals surface area (Å²) in [6, 6.07) is 12.6. The number of hydrogen-bond donors (Lipinski definition) is 0. The Morgan fingerprint density at radius 2 is 1.77 bits per heavy atom. The average Bonchev–Trinajstić information content (AvgIpc) is 2.79. The Hall–Kier alpha value is -2.60. The van der Waals surface area contributed by atoms with Gasteiger partial charge in [-0.15, -0.1) is 0 Å². The van der Waals surface area contributed by atoms with E-state index < -0.39 is 17.8 Å². The van der Waals surface area contributed by atoms with Crippen molar-refractivity contribution in [2.24, 2.45) is 0 Å². The summed E-state index contributed by atoms with van der Waals surface area (Å²) in [5.41, 5.74) is 1.73. The minimum Gasteiger partial charge on any atom is -0.469 e. The maximum Gasteiger partial charge on any atom is 0.321 e. The third-order valence-electron chi connectivity index (χ3n) is 4.47. The van der Waals surface area contributed by atoms with Gasteiger partial charge in [-0.3, -0.25) is 14.4 Å². The van der Waals surface area contributed by atoms with Gasteiger partial charge in [0.05, 0.1) is 20.1 Å². The highest BCUT2D eigenvalue weighted by molar-refractivity contribution is 7.99. The van der Waals surface area contributed by atoms with Crippen molar-refractivity contribution < 1.29 is 23.9 Å². The van der Waals surface area contributed by atoms with E-state index in [1.807, 2.05) is 24.3 Å². The lowest BCUT2D eigenvalue weighted by Gasteiger charge is -2.17. The Kier molecular flexibility index (Phi) is 5.13. The van der Waals surface area contributed by atoms with Gasteiger partial charge in [0, 0.05) is 15.4 Å². The molecule has 0 saturated carbocycles. The molecule has 2 aromatic carbocycles. The Bertz CT molecular complexity index is 890. The monoisotopic (exact) mass is 370 g/mol. The molecule has 0 aromatic heterocycles. The molecule has 1 aliphatic heterocycles. The molecule has 0 fully saturated rings. The lowest BCUT2D eigenvalue weighted by atomic mass is 9.88. The maximum atomic E-state index is 13.1. The highest BCUT2D eigenvalue weighted by Crippen LogP contribution is 2.43. The van der Waals surface area contributed by atoms with Crippen LogP contribution in [0.1, 0.15) is 40.2 Å². The van der Waals surface area contributed by atoms with Crippen molar-refractivity contribution >= 4 is 29.5 Å². The van der Waals surface area contributed by atoms with Gasteiger partial charge in [-0.25, -0.2) is 0 Å². The molecular formula is C20H18O5S. The molecule has 1 heterocycles. The van der Waals surface area contributed by atoms with E-state index in [-0.39, 0.29) is 11.8 Å². The summed E-state index contributed by atoms with van der Waals surface area (Å²) >= 11 is 1.43. The van der Waals surface area contributed by atoms with Gasteiger partial charge in [0.25, 0.3) is 0 Å². The molecule has 0 amide bonds. The fraction of sp³-hybridized carbons (Fsp3) is 0.250. The summed E-state index contributed by atoms with van der Waals surface area (Å²) in [6.07, 6.45) is 0. The van der Waals surface area contributed by atoms with Crippen LogP contribution in [0.4, 0.5) is 0 Å². The third-order valence-corrected chi connectivity index (χ3v) is 5.64. The van der Waals surface area contributed by atoms with E-state index in [9.17, 15) is 14.4 Å². The number of hydrogen-bond acceptors (Lipinski definition) is 6. The van der Waals surface area contributed by atoms with Crippen LogP contribution < -0.4 is 0 Å². The second kappa shape index (κ2) is 7.33. The zero-order chi connectivity index (χ0) is 18.8. The highest BCUT2D eigenvalue weighted by Gasteiger charge is 2.36. The molecule has 2 unspecified atom stereocenters. The van der Waals surface area contributed by atoms with E-state index >= 15 is 0 Å². The van der Waals surface area contributed by atoms with Gasteiger partial charge in [0.2, 0.25) is 0 Å². The average molecular weight is 370 g/mol. The van der Waals surface area contributed by atoms with Gasteiger partial charge in [0.15, 0.2) is 5.78 Å². The van der Waals surface area contributed by atoms with E-state index in [0.717, 1.165) is 9.79 Å². The van der Waals surface area contributed by atoms with E-state index in [1.54, 1.807) is 25.1 Å². The topological polar surface area (TPSA) is 69.7 Å². The second-order valence-corrected chi connectivity index (χ2v) is 7.04. The van der Waals surface area contributed by atoms with Crippen molar-refractivity contribution in [3.05, 3.63) is 59.2 Å². The molecule has 5 nitrogen and oxygen atoms in total. The predicted octanol–water partition coefficient (Wildman–Crippen LogP) is 3.57. The van der Waals surface area contributed by atoms with Crippen LogP contribution in [0.2, 0.25) is 0 Å². The first-order valence-electron chi connectivity index (χ1n) is 8.08. The molecule has 0 spiro atoms. The predicted molar refractivity (Wildman–Crippen MR) is 96.5 cm³/mol. The van der Waals surface area contributed by atoms with Crippen LogP contribution in [0.25, 0.3) is 0 Å². The Balaban J connectivity index is 2.17. The molecule has 2 aromatic rings. The van der Waals surface area contributed by atoms with Crippen LogP contribution in [0.15, 0.2) is 52.3 Å². The van der Waals surface area contributed by atoms with Crippen LogP contribution >= 0.6 is 11.8 Å². The van der Waals surface area contributed by atoms with E-state index in [0.29, 0.717) is 16.7 Å². The van der Waals surface area contributed by atoms with E-state index in [1.165, 1.54) is 26.0 Å². The number of esters is 2. The summed E-state index contributed by atoms with van der Waals surface area (Å²) in [7, 11) is 2.59. The number of ketones is 1. The molecule has 0 aliphatic carbocycles. The Labute approximate surface area is 155 Å². The van der Waals surface area contributed by atoms with Gasteiger partial charge in [0.1, 0.15) is 5.92 Å². The highest BCUT2D eigenvalue weighted by atomic mass is 32.2. The smallest absolute Gasteiger partial charge is 0.321 e. The normalized spacial score (nSPS) is 16.7. The largest absolute Gasteiger partial charge is 0.469 e. The molecule has 2 atom stereocenters. The number of rotatable bonds is 3. The molecular weight excluding hydrogens is 352 g/mol. The first-order chi connectivity index (χ1) is 12.5. The summed E-state index contributed by atoms with van der Waals surface area (Å²) in [5, 5.41) is 0. The molecule has 3 rings (SSSR count). The first kappa shape index (κ1) is 18.2. The Morgan fingerprint density at radius 3 is 2.46 bits per heavy atom. The summed E-state index contributed by atoms with van der Waals surface area (Å²) in [6.45, 7) is 1.72. The van der Waals surface area contributed by atoms with Crippen LogP contribution in [0.3, 0.4) is 0 Å². The fourth-order valence-corrected chi connectivity index (χ4v) is 4.09. The van der Waals surface area contributed by atoms with Gasteiger partial charge in [-0.1, -0.05) is 42.1 Å². The standard InChI is InChI=1S/C20H18O5S/c1-11(19(22)24-2)12-8-9-16-14(10-12)17(20(23)25-3)18(21)13-6-4-5-7-15(13)26-16/h4-11,17H,1-3H3. The zero-order valence-electron chi connectivity index (χ0n) is 14.6. The SMILES string of the molecule is COC(=O)C(C)c1ccc2c(c1)C(C(=O)OC)C(=O)c1ccccc1S2. The molecule has 0 bridgehead atoms. The molecule has 0 radical (unpaired) electrons. The molecule has 0 saturated heterocycles. The number of ether oxygens (including phenoxy) is 2. The van der Waals surface area contributed by atoms with E-state index in [2.05, 4.69) is 0 Å². The van der Waals surface area contributed by atoms with Crippen molar-refractivity contribution in [2.75, 3.05) is 14.2 Å². The Morgan fingerprint density at radius 1 is 1.04 bits per heavy atom. The van der Waals surface area contributed by atoms with Crippen molar-refractivity contribution in [1.82, 2.24) is 0 Å². The van der Waals surface area contributed by atoms with Crippen molar-refractivity contribution in [2.45, 2.75) is 28.6 Å². The number of carbonyl (C=O) groups excluding carboxylic acids is 3. The molecule has 134 valence electrons. The minimum atomic E-state index is -1.06. The summed E-state index contributed by atoms with van der Waals surface area (Å²) in [4.78, 5) is 39.0. The zero-order valence-corrected chi connectivity index (χ0v) is 15.5. The fourth-order valence-electron chi connectivity index (χ4n) is 2.99. The minimum absolute atomic E-state index is 0.304. The lowest BCUT2D eigenvalue weighted by Crippen LogP contribution is -2.24. The number of benzene rings is 2. The maximum absolute atomic E-state index is 13.1. The number of fused-ring (bicyclic) bond motifs is 2. The quantitative estimate of drug-likeness (QED) is 0.608. The van der Waals surface area contributed by atoms with Crippen LogP contribution in [0.5, 0.6) is 0 Å². The van der Waals surface area contributed by atoms with E-state index in [4.69, 9.17) is 9.47 Å². The third kappa shape index (κ3) is 3.12. The summed E-state index contributed by atoms with van der Waals surface area (Å²) in [5.74, 6) is -2.86. The molecule has 1 aliphatic rings. The van der Waals surface area contributed by atoms with Gasteiger partial charge < -0.3 is 9.47 Å². The number of Topliss-reactive ketones (excluding diaryl/α,β-unsaturated/α-hetero) is 1. The van der Waals surface area contributed by atoms with Gasteiger partial charge in [-0.2, -0.15) is 0 Å². The first-order valence-corrected chi connectivity index (χ1v) is 8.90. The van der Waals surface area contributed by atoms with Gasteiger partial charge >= 0.3 is 11.9 Å². The van der Waals surface area contributed by atoms with Crippen molar-refractivity contribution in [3.63, 3.8) is 0 Å². The van der Waals surface area contributed by atoms with Crippen LogP contribution in [0, 0.1) is 0 Å². The molecule has 26 heavy (non-hydrogen) atoms. The molecule has 0 N–H and O–H groups in total. The second-order valence-electron chi connectivity index (χ2n) is 5.96. The number of methoxy groups -OCH3 is 2.